The molecule has 0 saturated carbocycles. The van der Waals surface area contributed by atoms with Crippen molar-refractivity contribution in [2.75, 3.05) is 33.3 Å². The van der Waals surface area contributed by atoms with Gasteiger partial charge >= 0.3 is 5.69 Å². The predicted molar refractivity (Wildman–Crippen MR) is 100 cm³/mol. The van der Waals surface area contributed by atoms with Crippen molar-refractivity contribution in [2.45, 2.75) is 11.4 Å². The third kappa shape index (κ3) is 4.26. The fraction of sp³-hybridized carbons (Fsp3) is 0.333. The Morgan fingerprint density at radius 2 is 1.74 bits per heavy atom. The highest BCUT2D eigenvalue weighted by molar-refractivity contribution is 7.89. The van der Waals surface area contributed by atoms with E-state index in [2.05, 4.69) is 4.90 Å². The quantitative estimate of drug-likeness (QED) is 0.553. The molecule has 0 aliphatic carbocycles. The first-order chi connectivity index (χ1) is 12.9. The number of benzene rings is 2. The van der Waals surface area contributed by atoms with Crippen molar-refractivity contribution in [1.29, 1.82) is 0 Å². The second-order valence-corrected chi connectivity index (χ2v) is 8.19. The summed E-state index contributed by atoms with van der Waals surface area (Å²) in [6.07, 6.45) is 0. The molecule has 1 aliphatic rings. The lowest BCUT2D eigenvalue weighted by Gasteiger charge is -2.34. The Kier molecular flexibility index (Phi) is 5.73. The van der Waals surface area contributed by atoms with E-state index in [1.54, 1.807) is 0 Å². The molecule has 3 rings (SSSR count). The van der Waals surface area contributed by atoms with Gasteiger partial charge in [0, 0.05) is 38.8 Å². The first-order valence-corrected chi connectivity index (χ1v) is 9.94. The zero-order chi connectivity index (χ0) is 19.4. The van der Waals surface area contributed by atoms with Crippen LogP contribution in [-0.2, 0) is 16.6 Å². The SMILES string of the molecule is COc1ccc(S(=O)(=O)N2CCN(Cc3ccccc3)CC2)cc1[N+](=O)[O-]. The van der Waals surface area contributed by atoms with Crippen LogP contribution in [0.1, 0.15) is 5.56 Å². The van der Waals surface area contributed by atoms with Gasteiger partial charge in [-0.3, -0.25) is 15.0 Å². The number of methoxy groups -OCH3 is 1. The highest BCUT2D eigenvalue weighted by Crippen LogP contribution is 2.30. The van der Waals surface area contributed by atoms with Crippen LogP contribution >= 0.6 is 0 Å². The summed E-state index contributed by atoms with van der Waals surface area (Å²) in [4.78, 5) is 12.6. The summed E-state index contributed by atoms with van der Waals surface area (Å²) in [5.74, 6) is 0.0339. The van der Waals surface area contributed by atoms with Gasteiger partial charge < -0.3 is 4.74 Å². The van der Waals surface area contributed by atoms with Gasteiger partial charge in [-0.25, -0.2) is 8.42 Å². The number of nitro groups is 1. The monoisotopic (exact) mass is 391 g/mol. The Balaban J connectivity index is 1.71. The fourth-order valence-corrected chi connectivity index (χ4v) is 4.53. The number of hydrogen-bond donors (Lipinski definition) is 0. The zero-order valence-electron chi connectivity index (χ0n) is 14.9. The first-order valence-electron chi connectivity index (χ1n) is 8.50. The van der Waals surface area contributed by atoms with Gasteiger partial charge in [-0.1, -0.05) is 30.3 Å². The summed E-state index contributed by atoms with van der Waals surface area (Å²) < 4.78 is 32.1. The van der Waals surface area contributed by atoms with Crippen LogP contribution in [-0.4, -0.2) is 55.8 Å². The fourth-order valence-electron chi connectivity index (χ4n) is 3.09. The van der Waals surface area contributed by atoms with Crippen LogP contribution in [0.2, 0.25) is 0 Å². The maximum Gasteiger partial charge on any atom is 0.312 e. The third-order valence-electron chi connectivity index (χ3n) is 4.57. The van der Waals surface area contributed by atoms with Gasteiger partial charge in [0.2, 0.25) is 10.0 Å². The second-order valence-electron chi connectivity index (χ2n) is 6.26. The van der Waals surface area contributed by atoms with Crippen LogP contribution in [0.15, 0.2) is 53.4 Å². The minimum atomic E-state index is -3.79. The highest BCUT2D eigenvalue weighted by Gasteiger charge is 2.30. The molecule has 27 heavy (non-hydrogen) atoms. The van der Waals surface area contributed by atoms with E-state index in [0.717, 1.165) is 12.6 Å². The summed E-state index contributed by atoms with van der Waals surface area (Å²) >= 11 is 0. The van der Waals surface area contributed by atoms with E-state index < -0.39 is 14.9 Å². The summed E-state index contributed by atoms with van der Waals surface area (Å²) in [5.41, 5.74) is 0.820. The number of sulfonamides is 1. The highest BCUT2D eigenvalue weighted by atomic mass is 32.2. The molecule has 1 saturated heterocycles. The van der Waals surface area contributed by atoms with E-state index in [0.29, 0.717) is 26.2 Å². The van der Waals surface area contributed by atoms with Crippen molar-refractivity contribution >= 4 is 15.7 Å². The van der Waals surface area contributed by atoms with E-state index in [1.165, 1.54) is 29.1 Å². The maximum absolute atomic E-state index is 12.9. The Bertz CT molecular complexity index is 910. The van der Waals surface area contributed by atoms with Gasteiger partial charge in [-0.2, -0.15) is 4.31 Å². The van der Waals surface area contributed by atoms with Gasteiger partial charge in [0.15, 0.2) is 5.75 Å². The van der Waals surface area contributed by atoms with E-state index in [-0.39, 0.29) is 16.3 Å². The minimum Gasteiger partial charge on any atom is -0.490 e. The molecule has 0 aromatic heterocycles. The van der Waals surface area contributed by atoms with Crippen LogP contribution in [0.25, 0.3) is 0 Å². The molecule has 144 valence electrons. The first kappa shape index (κ1) is 19.3. The smallest absolute Gasteiger partial charge is 0.312 e. The number of hydrogen-bond acceptors (Lipinski definition) is 6. The standard InChI is InChI=1S/C18H21N3O5S/c1-26-18-8-7-16(13-17(18)21(22)23)27(24,25)20-11-9-19(10-12-20)14-15-5-3-2-4-6-15/h2-8,13H,9-12,14H2,1H3. The van der Waals surface area contributed by atoms with Crippen molar-refractivity contribution in [3.05, 3.63) is 64.2 Å². The van der Waals surface area contributed by atoms with Crippen molar-refractivity contribution in [2.24, 2.45) is 0 Å². The molecule has 2 aromatic rings. The molecule has 1 fully saturated rings. The van der Waals surface area contributed by atoms with E-state index in [4.69, 9.17) is 4.74 Å². The van der Waals surface area contributed by atoms with E-state index >= 15 is 0 Å². The summed E-state index contributed by atoms with van der Waals surface area (Å²) in [6.45, 7) is 2.66. The molecule has 9 heteroatoms. The molecule has 0 radical (unpaired) electrons. The van der Waals surface area contributed by atoms with E-state index in [1.807, 2.05) is 30.3 Å². The van der Waals surface area contributed by atoms with Crippen LogP contribution in [0, 0.1) is 10.1 Å². The zero-order valence-corrected chi connectivity index (χ0v) is 15.8. The molecule has 0 N–H and O–H groups in total. The Labute approximate surface area is 158 Å². The summed E-state index contributed by atoms with van der Waals surface area (Å²) in [5, 5.41) is 11.2. The van der Waals surface area contributed by atoms with Crippen LogP contribution in [0.5, 0.6) is 5.75 Å². The third-order valence-corrected chi connectivity index (χ3v) is 6.46. The average molecular weight is 391 g/mol. The molecule has 8 nitrogen and oxygen atoms in total. The van der Waals surface area contributed by atoms with Crippen molar-refractivity contribution in [3.63, 3.8) is 0 Å². The molecule has 0 atom stereocenters. The Hall–Kier alpha value is -2.49. The molecule has 0 unspecified atom stereocenters. The van der Waals surface area contributed by atoms with Gasteiger partial charge in [0.1, 0.15) is 0 Å². The Morgan fingerprint density at radius 3 is 2.33 bits per heavy atom. The predicted octanol–water partition coefficient (Wildman–Crippen LogP) is 2.11. The topological polar surface area (TPSA) is 93.0 Å². The largest absolute Gasteiger partial charge is 0.490 e. The molecule has 0 bridgehead atoms. The molecule has 0 spiro atoms. The summed E-state index contributed by atoms with van der Waals surface area (Å²) in [6, 6.07) is 13.7. The van der Waals surface area contributed by atoms with E-state index in [9.17, 15) is 18.5 Å². The normalized spacial score (nSPS) is 16.2. The van der Waals surface area contributed by atoms with Crippen molar-refractivity contribution in [3.8, 4) is 5.75 Å². The van der Waals surface area contributed by atoms with Crippen molar-refractivity contribution < 1.29 is 18.1 Å². The average Bonchev–Trinajstić information content (AvgIpc) is 2.68. The molecular formula is C18H21N3O5S. The molecule has 1 aliphatic heterocycles. The van der Waals surface area contributed by atoms with Gasteiger partial charge in [-0.15, -0.1) is 0 Å². The van der Waals surface area contributed by atoms with Crippen LogP contribution < -0.4 is 4.74 Å². The minimum absolute atomic E-state index is 0.0339. The molecule has 1 heterocycles. The lowest BCUT2D eigenvalue weighted by molar-refractivity contribution is -0.386. The molecular weight excluding hydrogens is 370 g/mol. The molecule has 0 amide bonds. The number of nitrogens with zero attached hydrogens (tertiary/aromatic N) is 3. The number of piperazine rings is 1. The van der Waals surface area contributed by atoms with Crippen molar-refractivity contribution in [1.82, 2.24) is 9.21 Å². The van der Waals surface area contributed by atoms with Gasteiger partial charge in [0.05, 0.1) is 16.9 Å². The number of ether oxygens (including phenoxy) is 1. The van der Waals surface area contributed by atoms with Crippen LogP contribution in [0.4, 0.5) is 5.69 Å². The Morgan fingerprint density at radius 1 is 1.07 bits per heavy atom. The second kappa shape index (κ2) is 8.03. The lowest BCUT2D eigenvalue weighted by atomic mass is 10.2. The van der Waals surface area contributed by atoms with Gasteiger partial charge in [0.25, 0.3) is 0 Å². The number of rotatable bonds is 6. The molecule has 2 aromatic carbocycles. The van der Waals surface area contributed by atoms with Gasteiger partial charge in [-0.05, 0) is 17.7 Å². The number of nitro benzene ring substituents is 1. The van der Waals surface area contributed by atoms with Crippen LogP contribution in [0.3, 0.4) is 0 Å². The lowest BCUT2D eigenvalue weighted by Crippen LogP contribution is -2.48. The summed E-state index contributed by atoms with van der Waals surface area (Å²) in [7, 11) is -2.48. The maximum atomic E-state index is 12.9.